The van der Waals surface area contributed by atoms with Gasteiger partial charge in [0, 0.05) is 25.1 Å². The smallest absolute Gasteiger partial charge is 0.203 e. The van der Waals surface area contributed by atoms with Crippen LogP contribution in [0.5, 0.6) is 0 Å². The summed E-state index contributed by atoms with van der Waals surface area (Å²) in [5, 5.41) is 15.3. The van der Waals surface area contributed by atoms with Crippen LogP contribution in [0.3, 0.4) is 0 Å². The van der Waals surface area contributed by atoms with Crippen molar-refractivity contribution >= 4 is 11.5 Å². The molecule has 0 aliphatic rings. The van der Waals surface area contributed by atoms with E-state index in [2.05, 4.69) is 25.6 Å². The Hall–Kier alpha value is -2.44. The fourth-order valence-electron chi connectivity index (χ4n) is 1.76. The number of fused-ring (bicyclic) bond motifs is 1. The maximum Gasteiger partial charge on any atom is 0.203 e. The lowest BCUT2D eigenvalue weighted by atomic mass is 10.4. The second-order valence-corrected chi connectivity index (χ2v) is 4.05. The Kier molecular flexibility index (Phi) is 2.64. The van der Waals surface area contributed by atoms with Gasteiger partial charge in [0.05, 0.1) is 12.7 Å². The van der Waals surface area contributed by atoms with Gasteiger partial charge < -0.3 is 5.32 Å². The number of hydrogen-bond acceptors (Lipinski definition) is 5. The van der Waals surface area contributed by atoms with Gasteiger partial charge in [0.2, 0.25) is 5.65 Å². The van der Waals surface area contributed by atoms with Gasteiger partial charge in [-0.1, -0.05) is 0 Å². The molecule has 3 aromatic rings. The standard InChI is InChI=1S/C11H13N7/c1-9-6-15-18(7-9)5-3-13-10-11-16-14-8-17(11)4-2-12-10/h2,4,6-8H,3,5H2,1H3,(H,12,13). The molecule has 7 nitrogen and oxygen atoms in total. The SMILES string of the molecule is Cc1cnn(CCNc2nccn3cnnc23)c1. The highest BCUT2D eigenvalue weighted by molar-refractivity contribution is 5.61. The van der Waals surface area contributed by atoms with Crippen molar-refractivity contribution in [3.05, 3.63) is 36.7 Å². The number of nitrogens with one attached hydrogen (secondary N) is 1. The first-order valence-corrected chi connectivity index (χ1v) is 5.70. The second kappa shape index (κ2) is 4.44. The van der Waals surface area contributed by atoms with E-state index in [1.54, 1.807) is 12.5 Å². The van der Waals surface area contributed by atoms with Gasteiger partial charge in [-0.15, -0.1) is 10.2 Å². The van der Waals surface area contributed by atoms with Crippen LogP contribution in [0.15, 0.2) is 31.1 Å². The predicted octanol–water partition coefficient (Wildman–Crippen LogP) is 0.741. The molecule has 0 saturated carbocycles. The summed E-state index contributed by atoms with van der Waals surface area (Å²) in [7, 11) is 0. The average Bonchev–Trinajstić information content (AvgIpc) is 2.98. The van der Waals surface area contributed by atoms with Gasteiger partial charge >= 0.3 is 0 Å². The van der Waals surface area contributed by atoms with Gasteiger partial charge in [-0.2, -0.15) is 5.10 Å². The van der Waals surface area contributed by atoms with Gasteiger partial charge in [-0.3, -0.25) is 9.08 Å². The molecular formula is C11H13N7. The molecule has 0 fully saturated rings. The Morgan fingerprint density at radius 2 is 2.33 bits per heavy atom. The van der Waals surface area contributed by atoms with E-state index in [0.29, 0.717) is 0 Å². The Morgan fingerprint density at radius 3 is 3.17 bits per heavy atom. The average molecular weight is 243 g/mol. The molecule has 7 heteroatoms. The zero-order chi connectivity index (χ0) is 12.4. The van der Waals surface area contributed by atoms with Crippen molar-refractivity contribution < 1.29 is 0 Å². The molecule has 3 heterocycles. The van der Waals surface area contributed by atoms with Crippen LogP contribution in [0.4, 0.5) is 5.82 Å². The van der Waals surface area contributed by atoms with Gasteiger partial charge in [-0.25, -0.2) is 4.98 Å². The minimum absolute atomic E-state index is 0.731. The zero-order valence-electron chi connectivity index (χ0n) is 9.98. The zero-order valence-corrected chi connectivity index (χ0v) is 9.98. The molecule has 0 bridgehead atoms. The van der Waals surface area contributed by atoms with E-state index < -0.39 is 0 Å². The Morgan fingerprint density at radius 1 is 1.39 bits per heavy atom. The van der Waals surface area contributed by atoms with Crippen LogP contribution in [0.1, 0.15) is 5.56 Å². The number of hydrogen-bond donors (Lipinski definition) is 1. The van der Waals surface area contributed by atoms with Crippen molar-refractivity contribution in [3.63, 3.8) is 0 Å². The molecule has 0 aliphatic carbocycles. The van der Waals surface area contributed by atoms with Crippen molar-refractivity contribution in [1.29, 1.82) is 0 Å². The van der Waals surface area contributed by atoms with E-state index in [1.165, 1.54) is 0 Å². The highest BCUT2D eigenvalue weighted by Crippen LogP contribution is 2.08. The topological polar surface area (TPSA) is 72.9 Å². The largest absolute Gasteiger partial charge is 0.365 e. The van der Waals surface area contributed by atoms with Crippen LogP contribution >= 0.6 is 0 Å². The van der Waals surface area contributed by atoms with Crippen LogP contribution in [0.25, 0.3) is 5.65 Å². The summed E-state index contributed by atoms with van der Waals surface area (Å²) in [5.41, 5.74) is 1.89. The molecule has 92 valence electrons. The van der Waals surface area contributed by atoms with Crippen LogP contribution in [0, 0.1) is 6.92 Å². The molecule has 0 saturated heterocycles. The highest BCUT2D eigenvalue weighted by atomic mass is 15.3. The first kappa shape index (κ1) is 10.7. The molecule has 0 atom stereocenters. The second-order valence-electron chi connectivity index (χ2n) is 4.05. The van der Waals surface area contributed by atoms with Crippen molar-refractivity contribution in [2.45, 2.75) is 13.5 Å². The molecule has 3 aromatic heterocycles. The van der Waals surface area contributed by atoms with Crippen LogP contribution in [0.2, 0.25) is 0 Å². The van der Waals surface area contributed by atoms with E-state index in [1.807, 2.05) is 34.6 Å². The van der Waals surface area contributed by atoms with Crippen molar-refractivity contribution in [2.24, 2.45) is 0 Å². The monoisotopic (exact) mass is 243 g/mol. The summed E-state index contributed by atoms with van der Waals surface area (Å²) in [6.45, 7) is 3.54. The summed E-state index contributed by atoms with van der Waals surface area (Å²) in [6.07, 6.45) is 9.04. The quantitative estimate of drug-likeness (QED) is 0.731. The van der Waals surface area contributed by atoms with Gasteiger partial charge in [0.15, 0.2) is 5.82 Å². The number of anilines is 1. The fourth-order valence-corrected chi connectivity index (χ4v) is 1.76. The van der Waals surface area contributed by atoms with Crippen molar-refractivity contribution in [1.82, 2.24) is 29.4 Å². The van der Waals surface area contributed by atoms with Crippen molar-refractivity contribution in [2.75, 3.05) is 11.9 Å². The summed E-state index contributed by atoms with van der Waals surface area (Å²) in [4.78, 5) is 4.25. The maximum atomic E-state index is 4.25. The first-order chi connectivity index (χ1) is 8.83. The molecule has 0 aliphatic heterocycles. The summed E-state index contributed by atoms with van der Waals surface area (Å²) >= 11 is 0. The van der Waals surface area contributed by atoms with Gasteiger partial charge in [0.1, 0.15) is 6.33 Å². The Bertz CT molecular complexity index is 654. The Labute approximate surface area is 103 Å². The minimum atomic E-state index is 0.731. The number of nitrogens with zero attached hydrogens (tertiary/aromatic N) is 6. The number of aromatic nitrogens is 6. The normalized spacial score (nSPS) is 10.9. The molecule has 0 spiro atoms. The van der Waals surface area contributed by atoms with Crippen LogP contribution < -0.4 is 5.32 Å². The van der Waals surface area contributed by atoms with E-state index >= 15 is 0 Å². The number of rotatable bonds is 4. The molecule has 0 radical (unpaired) electrons. The molecule has 3 rings (SSSR count). The van der Waals surface area contributed by atoms with Crippen LogP contribution in [-0.4, -0.2) is 35.9 Å². The number of aryl methyl sites for hydroxylation is 1. The predicted molar refractivity (Wildman–Crippen MR) is 66.2 cm³/mol. The van der Waals surface area contributed by atoms with E-state index in [4.69, 9.17) is 0 Å². The van der Waals surface area contributed by atoms with E-state index in [-0.39, 0.29) is 0 Å². The molecule has 0 amide bonds. The molecular weight excluding hydrogens is 230 g/mol. The third-order valence-corrected chi connectivity index (χ3v) is 2.61. The Balaban J connectivity index is 1.68. The highest BCUT2D eigenvalue weighted by Gasteiger charge is 2.03. The minimum Gasteiger partial charge on any atom is -0.365 e. The maximum absolute atomic E-state index is 4.25. The lowest BCUT2D eigenvalue weighted by Crippen LogP contribution is -2.12. The van der Waals surface area contributed by atoms with Crippen LogP contribution in [-0.2, 0) is 6.54 Å². The first-order valence-electron chi connectivity index (χ1n) is 5.70. The fraction of sp³-hybridized carbons (Fsp3) is 0.273. The van der Waals surface area contributed by atoms with Gasteiger partial charge in [0.25, 0.3) is 0 Å². The third-order valence-electron chi connectivity index (χ3n) is 2.61. The molecule has 0 aromatic carbocycles. The third kappa shape index (κ3) is 2.02. The summed E-state index contributed by atoms with van der Waals surface area (Å²) < 4.78 is 3.72. The van der Waals surface area contributed by atoms with E-state index in [0.717, 1.165) is 30.1 Å². The molecule has 18 heavy (non-hydrogen) atoms. The van der Waals surface area contributed by atoms with Crippen molar-refractivity contribution in [3.8, 4) is 0 Å². The molecule has 1 N–H and O–H groups in total. The van der Waals surface area contributed by atoms with E-state index in [9.17, 15) is 0 Å². The van der Waals surface area contributed by atoms with Gasteiger partial charge in [-0.05, 0) is 12.5 Å². The lowest BCUT2D eigenvalue weighted by Gasteiger charge is -2.06. The summed E-state index contributed by atoms with van der Waals surface area (Å²) in [6, 6.07) is 0. The lowest BCUT2D eigenvalue weighted by molar-refractivity contribution is 0.637. The molecule has 0 unspecified atom stereocenters. The summed E-state index contributed by atoms with van der Waals surface area (Å²) in [5.74, 6) is 0.735.